The number of aliphatic hydroxyl groups is 1. The van der Waals surface area contributed by atoms with E-state index in [2.05, 4.69) is 0 Å². The Balaban J connectivity index is 2.47. The topological polar surface area (TPSA) is 54.4 Å². The lowest BCUT2D eigenvalue weighted by Crippen LogP contribution is -2.39. The number of alkyl halides is 3. The Kier molecular flexibility index (Phi) is 4.49. The quantitative estimate of drug-likeness (QED) is 0.897. The molecule has 0 fully saturated rings. The third kappa shape index (κ3) is 3.22. The van der Waals surface area contributed by atoms with Gasteiger partial charge in [0.05, 0.1) is 14.8 Å². The summed E-state index contributed by atoms with van der Waals surface area (Å²) < 4.78 is 63.2. The number of benzene rings is 2. The smallest absolute Gasteiger partial charge is 0.376 e. The Hall–Kier alpha value is -1.57. The highest BCUT2D eigenvalue weighted by atomic mass is 35.5. The molecule has 0 amide bonds. The Morgan fingerprint density at radius 3 is 2.00 bits per heavy atom. The maximum Gasteiger partial charge on any atom is 0.421 e. The molecule has 0 bridgehead atoms. The van der Waals surface area contributed by atoms with Gasteiger partial charge in [0.1, 0.15) is 0 Å². The van der Waals surface area contributed by atoms with E-state index in [0.29, 0.717) is 6.92 Å². The van der Waals surface area contributed by atoms with Crippen LogP contribution in [0.4, 0.5) is 13.2 Å². The van der Waals surface area contributed by atoms with Crippen molar-refractivity contribution in [3.05, 3.63) is 59.1 Å². The van der Waals surface area contributed by atoms with Gasteiger partial charge in [-0.15, -0.1) is 0 Å². The minimum absolute atomic E-state index is 0.0128. The third-order valence-corrected chi connectivity index (χ3v) is 5.67. The molecule has 0 saturated heterocycles. The van der Waals surface area contributed by atoms with Gasteiger partial charge in [0.15, 0.2) is 5.60 Å². The highest BCUT2D eigenvalue weighted by Gasteiger charge is 2.51. The van der Waals surface area contributed by atoms with Crippen LogP contribution in [-0.2, 0) is 15.4 Å². The number of halogens is 4. The van der Waals surface area contributed by atoms with Crippen LogP contribution < -0.4 is 0 Å². The molecular formula is C15H12ClF3O3S. The van der Waals surface area contributed by atoms with E-state index in [-0.39, 0.29) is 14.8 Å². The summed E-state index contributed by atoms with van der Waals surface area (Å²) >= 11 is 5.85. The van der Waals surface area contributed by atoms with E-state index in [4.69, 9.17) is 11.6 Å². The summed E-state index contributed by atoms with van der Waals surface area (Å²) in [5, 5.41) is 9.59. The van der Waals surface area contributed by atoms with Crippen LogP contribution in [0.15, 0.2) is 58.3 Å². The molecule has 1 atom stereocenters. The Bertz CT molecular complexity index is 813. The number of hydrogen-bond donors (Lipinski definition) is 1. The molecule has 0 spiro atoms. The first-order valence-corrected chi connectivity index (χ1v) is 8.23. The van der Waals surface area contributed by atoms with Gasteiger partial charge >= 0.3 is 6.18 Å². The fourth-order valence-electron chi connectivity index (χ4n) is 1.91. The lowest BCUT2D eigenvalue weighted by Gasteiger charge is -2.26. The van der Waals surface area contributed by atoms with E-state index < -0.39 is 27.2 Å². The molecule has 1 N–H and O–H groups in total. The normalized spacial score (nSPS) is 15.2. The third-order valence-electron chi connectivity index (χ3n) is 3.40. The molecule has 2 rings (SSSR count). The minimum atomic E-state index is -4.88. The Morgan fingerprint density at radius 2 is 1.52 bits per heavy atom. The second-order valence-corrected chi connectivity index (χ2v) is 7.35. The van der Waals surface area contributed by atoms with Crippen molar-refractivity contribution in [3.63, 3.8) is 0 Å². The zero-order chi connectivity index (χ0) is 17.5. The fourth-order valence-corrected chi connectivity index (χ4v) is 3.68. The summed E-state index contributed by atoms with van der Waals surface area (Å²) in [6.07, 6.45) is -4.88. The molecule has 0 radical (unpaired) electrons. The summed E-state index contributed by atoms with van der Waals surface area (Å²) in [6, 6.07) is 9.62. The minimum Gasteiger partial charge on any atom is -0.376 e. The van der Waals surface area contributed by atoms with Gasteiger partial charge in [0, 0.05) is 0 Å². The van der Waals surface area contributed by atoms with Crippen LogP contribution >= 0.6 is 11.6 Å². The fraction of sp³-hybridized carbons (Fsp3) is 0.200. The maximum atomic E-state index is 12.8. The van der Waals surface area contributed by atoms with Gasteiger partial charge in [-0.25, -0.2) is 8.42 Å². The van der Waals surface area contributed by atoms with Gasteiger partial charge in [0.2, 0.25) is 9.84 Å². The molecule has 124 valence electrons. The molecule has 0 aliphatic heterocycles. The van der Waals surface area contributed by atoms with E-state index in [1.54, 1.807) is 6.07 Å². The van der Waals surface area contributed by atoms with Crippen LogP contribution in [0.1, 0.15) is 12.5 Å². The second kappa shape index (κ2) is 5.81. The van der Waals surface area contributed by atoms with Crippen molar-refractivity contribution in [3.8, 4) is 0 Å². The SMILES string of the molecule is C[C@@](O)(c1ccc(S(=O)(=O)c2ccccc2Cl)cc1)C(F)(F)F. The molecule has 8 heteroatoms. The zero-order valence-corrected chi connectivity index (χ0v) is 13.4. The predicted molar refractivity (Wildman–Crippen MR) is 79.0 cm³/mol. The zero-order valence-electron chi connectivity index (χ0n) is 11.8. The first-order valence-electron chi connectivity index (χ1n) is 6.37. The van der Waals surface area contributed by atoms with E-state index in [9.17, 15) is 26.7 Å². The molecule has 0 unspecified atom stereocenters. The summed E-state index contributed by atoms with van der Waals surface area (Å²) in [5.74, 6) is 0. The molecule has 0 aliphatic carbocycles. The average molecular weight is 365 g/mol. The summed E-state index contributed by atoms with van der Waals surface area (Å²) in [4.78, 5) is -0.357. The monoisotopic (exact) mass is 364 g/mol. The highest BCUT2D eigenvalue weighted by molar-refractivity contribution is 7.91. The van der Waals surface area contributed by atoms with Crippen molar-refractivity contribution in [2.45, 2.75) is 28.5 Å². The summed E-state index contributed by atoms with van der Waals surface area (Å²) in [7, 11) is -3.96. The van der Waals surface area contributed by atoms with Gasteiger partial charge in [-0.05, 0) is 36.8 Å². The first-order chi connectivity index (χ1) is 10.5. The first kappa shape index (κ1) is 17.8. The van der Waals surface area contributed by atoms with Crippen LogP contribution in [0, 0.1) is 0 Å². The van der Waals surface area contributed by atoms with Crippen molar-refractivity contribution in [1.82, 2.24) is 0 Å². The summed E-state index contributed by atoms with van der Waals surface area (Å²) in [5.41, 5.74) is -3.53. The maximum absolute atomic E-state index is 12.8. The molecule has 2 aromatic rings. The van der Waals surface area contributed by atoms with Crippen LogP contribution in [-0.4, -0.2) is 19.7 Å². The second-order valence-electron chi connectivity index (χ2n) is 5.03. The largest absolute Gasteiger partial charge is 0.421 e. The number of hydrogen-bond acceptors (Lipinski definition) is 3. The van der Waals surface area contributed by atoms with Crippen molar-refractivity contribution < 1.29 is 26.7 Å². The van der Waals surface area contributed by atoms with Gasteiger partial charge in [-0.2, -0.15) is 13.2 Å². The van der Waals surface area contributed by atoms with Crippen molar-refractivity contribution >= 4 is 21.4 Å². The van der Waals surface area contributed by atoms with Gasteiger partial charge in [0.25, 0.3) is 0 Å². The molecular weight excluding hydrogens is 353 g/mol. The number of sulfone groups is 1. The Morgan fingerprint density at radius 1 is 1.00 bits per heavy atom. The molecule has 23 heavy (non-hydrogen) atoms. The van der Waals surface area contributed by atoms with E-state index in [1.165, 1.54) is 18.2 Å². The van der Waals surface area contributed by atoms with E-state index >= 15 is 0 Å². The average Bonchev–Trinajstić information content (AvgIpc) is 2.46. The number of rotatable bonds is 3. The van der Waals surface area contributed by atoms with E-state index in [0.717, 1.165) is 24.3 Å². The van der Waals surface area contributed by atoms with Gasteiger partial charge in [-0.3, -0.25) is 0 Å². The van der Waals surface area contributed by atoms with Crippen molar-refractivity contribution in [2.75, 3.05) is 0 Å². The lowest BCUT2D eigenvalue weighted by molar-refractivity contribution is -0.258. The van der Waals surface area contributed by atoms with Crippen LogP contribution in [0.2, 0.25) is 5.02 Å². The van der Waals surface area contributed by atoms with E-state index in [1.807, 2.05) is 0 Å². The molecule has 0 aliphatic rings. The van der Waals surface area contributed by atoms with Crippen LogP contribution in [0.3, 0.4) is 0 Å². The Labute approximate surface area is 136 Å². The standard InChI is InChI=1S/C15H12ClF3O3S/c1-14(20,15(17,18)19)10-6-8-11(9-7-10)23(21,22)13-5-3-2-4-12(13)16/h2-9,20H,1H3/t14-/m1/s1. The van der Waals surface area contributed by atoms with Crippen LogP contribution in [0.25, 0.3) is 0 Å². The highest BCUT2D eigenvalue weighted by Crippen LogP contribution is 2.39. The van der Waals surface area contributed by atoms with Crippen molar-refractivity contribution in [2.24, 2.45) is 0 Å². The van der Waals surface area contributed by atoms with Gasteiger partial charge < -0.3 is 5.11 Å². The molecule has 2 aromatic carbocycles. The van der Waals surface area contributed by atoms with Crippen molar-refractivity contribution in [1.29, 1.82) is 0 Å². The lowest BCUT2D eigenvalue weighted by atomic mass is 9.96. The predicted octanol–water partition coefficient (Wildman–Crippen LogP) is 3.94. The van der Waals surface area contributed by atoms with Gasteiger partial charge in [-0.1, -0.05) is 35.9 Å². The molecule has 0 saturated carbocycles. The molecule has 0 aromatic heterocycles. The molecule has 3 nitrogen and oxygen atoms in total. The summed E-state index contributed by atoms with van der Waals surface area (Å²) in [6.45, 7) is 0.602. The molecule has 0 heterocycles. The van der Waals surface area contributed by atoms with Crippen LogP contribution in [0.5, 0.6) is 0 Å².